The maximum atomic E-state index is 5.78. The largest absolute Gasteiger partial charge is 0.478 e. The number of hydrogen-bond acceptors (Lipinski definition) is 5. The molecular formula is C14H23ClN4O. The van der Waals surface area contributed by atoms with Crippen LogP contribution in [0.25, 0.3) is 0 Å². The predicted octanol–water partition coefficient (Wildman–Crippen LogP) is 1.93. The monoisotopic (exact) mass is 298 g/mol. The molecule has 2 heterocycles. The summed E-state index contributed by atoms with van der Waals surface area (Å²) in [6.07, 6.45) is 0.982. The third-order valence-corrected chi connectivity index (χ3v) is 3.50. The fourth-order valence-electron chi connectivity index (χ4n) is 2.24. The van der Waals surface area contributed by atoms with Crippen molar-refractivity contribution < 1.29 is 4.74 Å². The van der Waals surface area contributed by atoms with Gasteiger partial charge in [0.25, 0.3) is 0 Å². The number of rotatable bonds is 6. The molecule has 0 radical (unpaired) electrons. The minimum atomic E-state index is 0.678. The van der Waals surface area contributed by atoms with Crippen LogP contribution in [0, 0.1) is 6.92 Å². The third-order valence-electron chi connectivity index (χ3n) is 3.33. The van der Waals surface area contributed by atoms with Gasteiger partial charge in [-0.25, -0.2) is 4.98 Å². The Morgan fingerprint density at radius 1 is 1.25 bits per heavy atom. The van der Waals surface area contributed by atoms with E-state index in [4.69, 9.17) is 16.3 Å². The first-order chi connectivity index (χ1) is 9.72. The highest BCUT2D eigenvalue weighted by molar-refractivity contribution is 6.18. The molecular weight excluding hydrogens is 276 g/mol. The van der Waals surface area contributed by atoms with Crippen molar-refractivity contribution >= 4 is 17.5 Å². The van der Waals surface area contributed by atoms with E-state index in [0.29, 0.717) is 18.4 Å². The molecule has 2 rings (SSSR count). The van der Waals surface area contributed by atoms with Crippen LogP contribution in [-0.4, -0.2) is 60.1 Å². The molecule has 0 bridgehead atoms. The molecule has 20 heavy (non-hydrogen) atoms. The number of piperazine rings is 1. The Hall–Kier alpha value is -1.07. The van der Waals surface area contributed by atoms with Crippen molar-refractivity contribution in [3.63, 3.8) is 0 Å². The molecule has 1 aromatic rings. The summed E-state index contributed by atoms with van der Waals surface area (Å²) in [7, 11) is 0. The van der Waals surface area contributed by atoms with Gasteiger partial charge in [-0.3, -0.25) is 4.90 Å². The highest BCUT2D eigenvalue weighted by Crippen LogP contribution is 2.17. The van der Waals surface area contributed by atoms with E-state index in [0.717, 1.165) is 50.8 Å². The topological polar surface area (TPSA) is 41.5 Å². The normalized spacial score (nSPS) is 16.4. The molecule has 1 aliphatic heterocycles. The van der Waals surface area contributed by atoms with Crippen molar-refractivity contribution in [3.05, 3.63) is 11.8 Å². The molecule has 0 aliphatic carbocycles. The van der Waals surface area contributed by atoms with E-state index in [1.807, 2.05) is 13.0 Å². The van der Waals surface area contributed by atoms with Crippen LogP contribution in [0.3, 0.4) is 0 Å². The van der Waals surface area contributed by atoms with Crippen molar-refractivity contribution in [2.75, 3.05) is 50.1 Å². The minimum Gasteiger partial charge on any atom is -0.478 e. The van der Waals surface area contributed by atoms with Gasteiger partial charge in [0.1, 0.15) is 0 Å². The van der Waals surface area contributed by atoms with Crippen molar-refractivity contribution in [1.29, 1.82) is 0 Å². The van der Waals surface area contributed by atoms with Crippen molar-refractivity contribution in [2.24, 2.45) is 0 Å². The summed E-state index contributed by atoms with van der Waals surface area (Å²) in [6.45, 7) is 9.61. The van der Waals surface area contributed by atoms with Crippen molar-refractivity contribution in [3.8, 4) is 5.88 Å². The van der Waals surface area contributed by atoms with E-state index in [2.05, 4.69) is 26.7 Å². The number of halogens is 1. The Morgan fingerprint density at radius 3 is 2.65 bits per heavy atom. The summed E-state index contributed by atoms with van der Waals surface area (Å²) in [5.41, 5.74) is 0.948. The Kier molecular flexibility index (Phi) is 5.86. The zero-order valence-electron chi connectivity index (χ0n) is 12.3. The first-order valence-corrected chi connectivity index (χ1v) is 7.78. The summed E-state index contributed by atoms with van der Waals surface area (Å²) in [5, 5.41) is 0. The van der Waals surface area contributed by atoms with Crippen LogP contribution in [0.5, 0.6) is 5.88 Å². The molecule has 1 fully saturated rings. The van der Waals surface area contributed by atoms with E-state index in [1.54, 1.807) is 0 Å². The second kappa shape index (κ2) is 7.64. The first-order valence-electron chi connectivity index (χ1n) is 7.24. The van der Waals surface area contributed by atoms with Crippen LogP contribution >= 0.6 is 11.6 Å². The highest BCUT2D eigenvalue weighted by Gasteiger charge is 2.19. The maximum absolute atomic E-state index is 5.78. The molecule has 0 aromatic carbocycles. The number of aromatic nitrogens is 2. The lowest BCUT2D eigenvalue weighted by atomic mass is 10.3. The van der Waals surface area contributed by atoms with Crippen LogP contribution in [0.4, 0.5) is 5.95 Å². The molecule has 1 aliphatic rings. The lowest BCUT2D eigenvalue weighted by Gasteiger charge is -2.34. The van der Waals surface area contributed by atoms with Gasteiger partial charge in [-0.2, -0.15) is 4.98 Å². The lowest BCUT2D eigenvalue weighted by molar-refractivity contribution is 0.270. The fourth-order valence-corrected chi connectivity index (χ4v) is 2.48. The van der Waals surface area contributed by atoms with Gasteiger partial charge in [0.2, 0.25) is 11.8 Å². The van der Waals surface area contributed by atoms with E-state index in [1.165, 1.54) is 0 Å². The Balaban J connectivity index is 2.00. The van der Waals surface area contributed by atoms with Gasteiger partial charge in [0.05, 0.1) is 6.61 Å². The van der Waals surface area contributed by atoms with Crippen LogP contribution in [0.2, 0.25) is 0 Å². The molecule has 0 atom stereocenters. The Labute approximate surface area is 125 Å². The van der Waals surface area contributed by atoms with Crippen LogP contribution < -0.4 is 9.64 Å². The average molecular weight is 299 g/mol. The zero-order valence-corrected chi connectivity index (χ0v) is 13.1. The molecule has 5 nitrogen and oxygen atoms in total. The molecule has 0 N–H and O–H groups in total. The number of hydrogen-bond donors (Lipinski definition) is 0. The maximum Gasteiger partial charge on any atom is 0.228 e. The summed E-state index contributed by atoms with van der Waals surface area (Å²) < 4.78 is 5.62. The summed E-state index contributed by atoms with van der Waals surface area (Å²) in [5.74, 6) is 2.15. The standard InChI is InChI=1S/C14H23ClN4O/c1-3-10-20-13-11-12(2)16-14(17-13)19-8-6-18(5-4-15)7-9-19/h11H,3-10H2,1-2H3. The second-order valence-electron chi connectivity index (χ2n) is 5.01. The van der Waals surface area contributed by atoms with Gasteiger partial charge in [-0.15, -0.1) is 11.6 Å². The number of aryl methyl sites for hydroxylation is 1. The molecule has 6 heteroatoms. The number of anilines is 1. The summed E-state index contributed by atoms with van der Waals surface area (Å²) in [6, 6.07) is 1.89. The second-order valence-corrected chi connectivity index (χ2v) is 5.39. The van der Waals surface area contributed by atoms with Crippen LogP contribution in [0.1, 0.15) is 19.0 Å². The minimum absolute atomic E-state index is 0.678. The SMILES string of the molecule is CCCOc1cc(C)nc(N2CCN(CCCl)CC2)n1. The van der Waals surface area contributed by atoms with E-state index >= 15 is 0 Å². The average Bonchev–Trinajstić information content (AvgIpc) is 2.46. The van der Waals surface area contributed by atoms with Crippen molar-refractivity contribution in [2.45, 2.75) is 20.3 Å². The molecule has 0 amide bonds. The number of nitrogens with zero attached hydrogens (tertiary/aromatic N) is 4. The zero-order chi connectivity index (χ0) is 14.4. The number of alkyl halides is 1. The molecule has 112 valence electrons. The summed E-state index contributed by atoms with van der Waals surface area (Å²) >= 11 is 5.78. The molecule has 0 saturated carbocycles. The predicted molar refractivity (Wildman–Crippen MR) is 81.9 cm³/mol. The first kappa shape index (κ1) is 15.3. The molecule has 1 aromatic heterocycles. The third kappa shape index (κ3) is 4.21. The van der Waals surface area contributed by atoms with E-state index < -0.39 is 0 Å². The Bertz CT molecular complexity index is 422. The van der Waals surface area contributed by atoms with E-state index in [9.17, 15) is 0 Å². The van der Waals surface area contributed by atoms with Gasteiger partial charge < -0.3 is 9.64 Å². The summed E-state index contributed by atoms with van der Waals surface area (Å²) in [4.78, 5) is 13.6. The van der Waals surface area contributed by atoms with Crippen LogP contribution in [-0.2, 0) is 0 Å². The van der Waals surface area contributed by atoms with Crippen molar-refractivity contribution in [1.82, 2.24) is 14.9 Å². The lowest BCUT2D eigenvalue weighted by Crippen LogP contribution is -2.47. The van der Waals surface area contributed by atoms with Gasteiger partial charge in [0.15, 0.2) is 0 Å². The number of ether oxygens (including phenoxy) is 1. The van der Waals surface area contributed by atoms with Gasteiger partial charge in [-0.05, 0) is 13.3 Å². The van der Waals surface area contributed by atoms with Crippen LogP contribution in [0.15, 0.2) is 6.07 Å². The van der Waals surface area contributed by atoms with E-state index in [-0.39, 0.29) is 0 Å². The Morgan fingerprint density at radius 2 is 2.00 bits per heavy atom. The quantitative estimate of drug-likeness (QED) is 0.751. The molecule has 0 unspecified atom stereocenters. The highest BCUT2D eigenvalue weighted by atomic mass is 35.5. The smallest absolute Gasteiger partial charge is 0.228 e. The fraction of sp³-hybridized carbons (Fsp3) is 0.714. The molecule has 0 spiro atoms. The van der Waals surface area contributed by atoms with Gasteiger partial charge >= 0.3 is 0 Å². The molecule has 1 saturated heterocycles. The van der Waals surface area contributed by atoms with Gasteiger partial charge in [-0.1, -0.05) is 6.92 Å². The van der Waals surface area contributed by atoms with Gasteiger partial charge in [0, 0.05) is 50.4 Å².